The van der Waals surface area contributed by atoms with Gasteiger partial charge in [-0.25, -0.2) is 0 Å². The maximum absolute atomic E-state index is 5.63. The Kier molecular flexibility index (Phi) is 2.89. The van der Waals surface area contributed by atoms with Gasteiger partial charge in [0.25, 0.3) is 0 Å². The van der Waals surface area contributed by atoms with Crippen molar-refractivity contribution in [1.82, 2.24) is 0 Å². The van der Waals surface area contributed by atoms with Crippen LogP contribution in [0, 0.1) is 0 Å². The molecule has 0 aromatic carbocycles. The molecule has 0 amide bonds. The zero-order chi connectivity index (χ0) is 8.27. The molecule has 1 rings (SSSR count). The number of ether oxygens (including phenoxy) is 1. The monoisotopic (exact) mass is 152 g/mol. The Morgan fingerprint density at radius 2 is 2.27 bits per heavy atom. The van der Waals surface area contributed by atoms with Crippen LogP contribution in [0.1, 0.15) is 27.2 Å². The van der Waals surface area contributed by atoms with Gasteiger partial charge in [-0.2, -0.15) is 0 Å². The van der Waals surface area contributed by atoms with Crippen LogP contribution in [0.2, 0.25) is 0 Å². The molecule has 0 aliphatic heterocycles. The molecule has 0 bridgehead atoms. The predicted octanol–water partition coefficient (Wildman–Crippen LogP) is 2.69. The van der Waals surface area contributed by atoms with E-state index >= 15 is 0 Å². The molecule has 1 atom stereocenters. The topological polar surface area (TPSA) is 9.23 Å². The van der Waals surface area contributed by atoms with Gasteiger partial charge in [-0.05, 0) is 27.2 Å². The summed E-state index contributed by atoms with van der Waals surface area (Å²) in [5, 5.41) is 0. The zero-order valence-corrected chi connectivity index (χ0v) is 7.50. The van der Waals surface area contributed by atoms with Crippen molar-refractivity contribution >= 4 is 0 Å². The Bertz CT molecular complexity index is 177. The normalized spacial score (nSPS) is 24.0. The van der Waals surface area contributed by atoms with E-state index in [0.29, 0.717) is 12.2 Å². The molecule has 0 saturated heterocycles. The molecule has 0 fully saturated rings. The fraction of sp³-hybridized carbons (Fsp3) is 0.600. The van der Waals surface area contributed by atoms with Gasteiger partial charge in [0.15, 0.2) is 0 Å². The standard InChI is InChI=1S/C10H16O/c1-8(2)11-10-6-4-5-9(3)7-10/h4-5,7-8,10H,6H2,1-3H3. The van der Waals surface area contributed by atoms with Crippen molar-refractivity contribution in [3.8, 4) is 0 Å². The third-order valence-electron chi connectivity index (χ3n) is 1.64. The first-order chi connectivity index (χ1) is 5.18. The van der Waals surface area contributed by atoms with E-state index in [0.717, 1.165) is 6.42 Å². The summed E-state index contributed by atoms with van der Waals surface area (Å²) in [6.45, 7) is 6.25. The fourth-order valence-corrected chi connectivity index (χ4v) is 1.25. The lowest BCUT2D eigenvalue weighted by atomic mass is 10.1. The van der Waals surface area contributed by atoms with Crippen LogP contribution in [0.5, 0.6) is 0 Å². The van der Waals surface area contributed by atoms with Gasteiger partial charge in [-0.15, -0.1) is 0 Å². The predicted molar refractivity (Wildman–Crippen MR) is 47.5 cm³/mol. The summed E-state index contributed by atoms with van der Waals surface area (Å²) in [6, 6.07) is 0. The minimum absolute atomic E-state index is 0.306. The summed E-state index contributed by atoms with van der Waals surface area (Å²) in [6.07, 6.45) is 8.15. The average Bonchev–Trinajstić information content (AvgIpc) is 1.85. The van der Waals surface area contributed by atoms with Crippen molar-refractivity contribution in [2.45, 2.75) is 39.4 Å². The summed E-state index contributed by atoms with van der Waals surface area (Å²) in [5.74, 6) is 0. The van der Waals surface area contributed by atoms with E-state index in [2.05, 4.69) is 39.0 Å². The number of hydrogen-bond donors (Lipinski definition) is 0. The highest BCUT2D eigenvalue weighted by atomic mass is 16.5. The van der Waals surface area contributed by atoms with Crippen LogP contribution in [0.3, 0.4) is 0 Å². The molecule has 0 aromatic heterocycles. The molecular weight excluding hydrogens is 136 g/mol. The number of hydrogen-bond acceptors (Lipinski definition) is 1. The molecule has 0 radical (unpaired) electrons. The van der Waals surface area contributed by atoms with Crippen LogP contribution in [0.4, 0.5) is 0 Å². The van der Waals surface area contributed by atoms with E-state index < -0.39 is 0 Å². The highest BCUT2D eigenvalue weighted by Gasteiger charge is 2.08. The van der Waals surface area contributed by atoms with Crippen LogP contribution in [0.15, 0.2) is 23.8 Å². The van der Waals surface area contributed by atoms with Crippen LogP contribution in [-0.4, -0.2) is 12.2 Å². The fourth-order valence-electron chi connectivity index (χ4n) is 1.25. The molecule has 0 N–H and O–H groups in total. The van der Waals surface area contributed by atoms with Gasteiger partial charge in [0, 0.05) is 0 Å². The van der Waals surface area contributed by atoms with Gasteiger partial charge < -0.3 is 4.74 Å². The SMILES string of the molecule is CC1=CC(OC(C)C)CC=C1. The van der Waals surface area contributed by atoms with Crippen LogP contribution < -0.4 is 0 Å². The van der Waals surface area contributed by atoms with Crippen LogP contribution in [-0.2, 0) is 4.74 Å². The van der Waals surface area contributed by atoms with Gasteiger partial charge in [0.2, 0.25) is 0 Å². The third kappa shape index (κ3) is 2.89. The first-order valence-corrected chi connectivity index (χ1v) is 4.19. The first kappa shape index (κ1) is 8.54. The molecule has 1 nitrogen and oxygen atoms in total. The van der Waals surface area contributed by atoms with Gasteiger partial charge in [0.1, 0.15) is 0 Å². The van der Waals surface area contributed by atoms with E-state index in [4.69, 9.17) is 4.74 Å². The maximum atomic E-state index is 5.63. The van der Waals surface area contributed by atoms with E-state index in [-0.39, 0.29) is 0 Å². The Morgan fingerprint density at radius 3 is 2.82 bits per heavy atom. The summed E-state index contributed by atoms with van der Waals surface area (Å²) in [7, 11) is 0. The van der Waals surface area contributed by atoms with E-state index in [1.807, 2.05) is 0 Å². The van der Waals surface area contributed by atoms with E-state index in [1.165, 1.54) is 5.57 Å². The second-order valence-corrected chi connectivity index (χ2v) is 3.27. The summed E-state index contributed by atoms with van der Waals surface area (Å²) in [5.41, 5.74) is 1.31. The Morgan fingerprint density at radius 1 is 1.55 bits per heavy atom. The highest BCUT2D eigenvalue weighted by Crippen LogP contribution is 2.14. The second kappa shape index (κ2) is 3.72. The van der Waals surface area contributed by atoms with Crippen molar-refractivity contribution in [3.63, 3.8) is 0 Å². The average molecular weight is 152 g/mol. The third-order valence-corrected chi connectivity index (χ3v) is 1.64. The van der Waals surface area contributed by atoms with E-state index in [1.54, 1.807) is 0 Å². The quantitative estimate of drug-likeness (QED) is 0.591. The lowest BCUT2D eigenvalue weighted by Gasteiger charge is -2.18. The van der Waals surface area contributed by atoms with Gasteiger partial charge in [-0.1, -0.05) is 23.8 Å². The van der Waals surface area contributed by atoms with Crippen molar-refractivity contribution in [1.29, 1.82) is 0 Å². The molecule has 1 aliphatic carbocycles. The van der Waals surface area contributed by atoms with Crippen LogP contribution in [0.25, 0.3) is 0 Å². The van der Waals surface area contributed by atoms with Gasteiger partial charge in [0.05, 0.1) is 12.2 Å². The van der Waals surface area contributed by atoms with Crippen molar-refractivity contribution in [3.05, 3.63) is 23.8 Å². The molecular formula is C10H16O. The van der Waals surface area contributed by atoms with E-state index in [9.17, 15) is 0 Å². The lowest BCUT2D eigenvalue weighted by molar-refractivity contribution is 0.0364. The van der Waals surface area contributed by atoms with Crippen molar-refractivity contribution < 1.29 is 4.74 Å². The molecule has 1 heteroatoms. The Labute approximate surface area is 68.8 Å². The minimum atomic E-state index is 0.306. The summed E-state index contributed by atoms with van der Waals surface area (Å²) < 4.78 is 5.63. The molecule has 62 valence electrons. The molecule has 0 spiro atoms. The first-order valence-electron chi connectivity index (χ1n) is 4.19. The Hall–Kier alpha value is -0.560. The molecule has 0 heterocycles. The summed E-state index contributed by atoms with van der Waals surface area (Å²) >= 11 is 0. The molecule has 1 unspecified atom stereocenters. The van der Waals surface area contributed by atoms with Gasteiger partial charge >= 0.3 is 0 Å². The smallest absolute Gasteiger partial charge is 0.0799 e. The van der Waals surface area contributed by atoms with Gasteiger partial charge in [-0.3, -0.25) is 0 Å². The number of rotatable bonds is 2. The number of allylic oxidation sites excluding steroid dienone is 2. The van der Waals surface area contributed by atoms with Crippen LogP contribution >= 0.6 is 0 Å². The van der Waals surface area contributed by atoms with Crippen molar-refractivity contribution in [2.75, 3.05) is 0 Å². The lowest BCUT2D eigenvalue weighted by Crippen LogP contribution is -2.16. The molecule has 0 saturated carbocycles. The molecule has 1 aliphatic rings. The second-order valence-electron chi connectivity index (χ2n) is 3.27. The molecule has 0 aromatic rings. The maximum Gasteiger partial charge on any atom is 0.0799 e. The largest absolute Gasteiger partial charge is 0.371 e. The molecule has 11 heavy (non-hydrogen) atoms. The zero-order valence-electron chi connectivity index (χ0n) is 7.50. The summed E-state index contributed by atoms with van der Waals surface area (Å²) in [4.78, 5) is 0. The Balaban J connectivity index is 2.44. The minimum Gasteiger partial charge on any atom is -0.371 e. The van der Waals surface area contributed by atoms with Crippen molar-refractivity contribution in [2.24, 2.45) is 0 Å². The highest BCUT2D eigenvalue weighted by molar-refractivity contribution is 5.22.